The fourth-order valence-corrected chi connectivity index (χ4v) is 3.50. The summed E-state index contributed by atoms with van der Waals surface area (Å²) in [6.07, 6.45) is 0. The molecule has 2 atom stereocenters. The summed E-state index contributed by atoms with van der Waals surface area (Å²) in [7, 11) is 0.995. The normalized spacial score (nSPS) is 22.6. The number of hydrogen-bond acceptors (Lipinski definition) is 3. The number of amides is 1. The van der Waals surface area contributed by atoms with Gasteiger partial charge in [0, 0.05) is 29.3 Å². The quantitative estimate of drug-likeness (QED) is 0.782. The van der Waals surface area contributed by atoms with E-state index in [2.05, 4.69) is 13.8 Å². The summed E-state index contributed by atoms with van der Waals surface area (Å²) < 4.78 is 36.7. The summed E-state index contributed by atoms with van der Waals surface area (Å²) in [5, 5.41) is 0. The van der Waals surface area contributed by atoms with E-state index in [1.54, 1.807) is 4.90 Å². The van der Waals surface area contributed by atoms with Crippen molar-refractivity contribution in [1.29, 1.82) is 0 Å². The highest BCUT2D eigenvalue weighted by molar-refractivity contribution is 8.13. The van der Waals surface area contributed by atoms with Gasteiger partial charge in [-0.2, -0.15) is 0 Å². The average Bonchev–Trinajstić information content (AvgIpc) is 2.70. The van der Waals surface area contributed by atoms with Crippen molar-refractivity contribution in [2.45, 2.75) is 25.7 Å². The van der Waals surface area contributed by atoms with Crippen LogP contribution >= 0.6 is 10.7 Å². The van der Waals surface area contributed by atoms with Gasteiger partial charge in [-0.05, 0) is 36.5 Å². The molecule has 1 amide bonds. The van der Waals surface area contributed by atoms with Crippen molar-refractivity contribution in [3.63, 3.8) is 0 Å². The van der Waals surface area contributed by atoms with E-state index in [-0.39, 0.29) is 17.0 Å². The Balaban J connectivity index is 2.42. The summed E-state index contributed by atoms with van der Waals surface area (Å²) >= 11 is 0. The number of nitrogens with zero attached hydrogens (tertiary/aromatic N) is 1. The van der Waals surface area contributed by atoms with Gasteiger partial charge in [0.05, 0.1) is 0 Å². The van der Waals surface area contributed by atoms with E-state index in [0.717, 1.165) is 6.07 Å². The predicted molar refractivity (Wildman–Crippen MR) is 78.4 cm³/mol. The second-order valence-electron chi connectivity index (χ2n) is 5.71. The van der Waals surface area contributed by atoms with Gasteiger partial charge in [0.25, 0.3) is 15.0 Å². The largest absolute Gasteiger partial charge is 0.338 e. The molecule has 7 heteroatoms. The standard InChI is InChI=1S/C14H17ClFNO3S/c1-8-4-11(5-12(13(8)16)21(15,19)20)14(18)17-6-9(2)10(3)7-17/h4-5,9-10H,6-7H2,1-3H3. The molecule has 1 heterocycles. The second kappa shape index (κ2) is 5.57. The summed E-state index contributed by atoms with van der Waals surface area (Å²) in [4.78, 5) is 13.5. The fourth-order valence-electron chi connectivity index (χ4n) is 2.52. The molecule has 21 heavy (non-hydrogen) atoms. The molecule has 1 aliphatic rings. The smallest absolute Gasteiger partial charge is 0.264 e. The third-order valence-electron chi connectivity index (χ3n) is 4.01. The Morgan fingerprint density at radius 1 is 1.29 bits per heavy atom. The number of aryl methyl sites for hydroxylation is 1. The molecule has 116 valence electrons. The molecule has 1 aromatic carbocycles. The minimum atomic E-state index is -4.23. The van der Waals surface area contributed by atoms with Crippen LogP contribution in [-0.4, -0.2) is 32.3 Å². The molecule has 1 fully saturated rings. The molecule has 4 nitrogen and oxygen atoms in total. The van der Waals surface area contributed by atoms with Crippen molar-refractivity contribution in [2.75, 3.05) is 13.1 Å². The maximum atomic E-state index is 13.9. The number of carbonyl (C=O) groups is 1. The third kappa shape index (κ3) is 3.21. The van der Waals surface area contributed by atoms with Gasteiger partial charge >= 0.3 is 0 Å². The lowest BCUT2D eigenvalue weighted by molar-refractivity contribution is 0.0784. The molecular formula is C14H17ClFNO3S. The van der Waals surface area contributed by atoms with Gasteiger partial charge in [0.1, 0.15) is 10.7 Å². The molecule has 0 aliphatic carbocycles. The molecule has 0 saturated carbocycles. The highest BCUT2D eigenvalue weighted by atomic mass is 35.7. The fraction of sp³-hybridized carbons (Fsp3) is 0.500. The zero-order chi connectivity index (χ0) is 15.9. The van der Waals surface area contributed by atoms with Crippen LogP contribution in [0.25, 0.3) is 0 Å². The van der Waals surface area contributed by atoms with Gasteiger partial charge in [-0.25, -0.2) is 12.8 Å². The number of hydrogen-bond donors (Lipinski definition) is 0. The van der Waals surface area contributed by atoms with Crippen LogP contribution < -0.4 is 0 Å². The Hall–Kier alpha value is -1.14. The molecule has 0 N–H and O–H groups in total. The summed E-state index contributed by atoms with van der Waals surface area (Å²) in [5.41, 5.74) is 0.231. The van der Waals surface area contributed by atoms with Crippen LogP contribution in [0.3, 0.4) is 0 Å². The summed E-state index contributed by atoms with van der Waals surface area (Å²) in [6, 6.07) is 2.37. The van der Waals surface area contributed by atoms with Crippen molar-refractivity contribution >= 4 is 25.6 Å². The minimum Gasteiger partial charge on any atom is -0.338 e. The Labute approximate surface area is 128 Å². The van der Waals surface area contributed by atoms with Crippen molar-refractivity contribution < 1.29 is 17.6 Å². The Morgan fingerprint density at radius 3 is 2.29 bits per heavy atom. The lowest BCUT2D eigenvalue weighted by atomic mass is 10.0. The van der Waals surface area contributed by atoms with Crippen molar-refractivity contribution in [1.82, 2.24) is 4.90 Å². The lowest BCUT2D eigenvalue weighted by Crippen LogP contribution is -2.29. The topological polar surface area (TPSA) is 54.5 Å². The van der Waals surface area contributed by atoms with E-state index in [0.29, 0.717) is 24.9 Å². The first kappa shape index (κ1) is 16.2. The zero-order valence-electron chi connectivity index (χ0n) is 12.1. The van der Waals surface area contributed by atoms with Crippen molar-refractivity contribution in [3.05, 3.63) is 29.1 Å². The number of likely N-dealkylation sites (tertiary alicyclic amines) is 1. The average molecular weight is 334 g/mol. The van der Waals surface area contributed by atoms with Crippen LogP contribution in [0.5, 0.6) is 0 Å². The predicted octanol–water partition coefficient (Wildman–Crippen LogP) is 2.79. The number of rotatable bonds is 2. The summed E-state index contributed by atoms with van der Waals surface area (Å²) in [6.45, 7) is 6.75. The van der Waals surface area contributed by atoms with Crippen LogP contribution in [0.15, 0.2) is 17.0 Å². The van der Waals surface area contributed by atoms with E-state index in [1.165, 1.54) is 13.0 Å². The van der Waals surface area contributed by atoms with Gasteiger partial charge in [-0.3, -0.25) is 4.79 Å². The Morgan fingerprint density at radius 2 is 1.81 bits per heavy atom. The molecule has 1 saturated heterocycles. The SMILES string of the molecule is Cc1cc(C(=O)N2CC(C)C(C)C2)cc(S(=O)(=O)Cl)c1F. The number of carbonyl (C=O) groups excluding carboxylic acids is 1. The Bertz CT molecular complexity index is 680. The van der Waals surface area contributed by atoms with Gasteiger partial charge in [0.15, 0.2) is 0 Å². The van der Waals surface area contributed by atoms with Crippen LogP contribution in [0.4, 0.5) is 4.39 Å². The van der Waals surface area contributed by atoms with Crippen LogP contribution in [-0.2, 0) is 9.05 Å². The van der Waals surface area contributed by atoms with Gasteiger partial charge in [-0.1, -0.05) is 13.8 Å². The van der Waals surface area contributed by atoms with Gasteiger partial charge < -0.3 is 4.90 Å². The third-order valence-corrected chi connectivity index (χ3v) is 5.33. The van der Waals surface area contributed by atoms with E-state index in [4.69, 9.17) is 10.7 Å². The number of benzene rings is 1. The molecule has 2 unspecified atom stereocenters. The van der Waals surface area contributed by atoms with Crippen LogP contribution in [0, 0.1) is 24.6 Å². The monoisotopic (exact) mass is 333 g/mol. The first-order chi connectivity index (χ1) is 9.61. The van der Waals surface area contributed by atoms with Gasteiger partial charge in [-0.15, -0.1) is 0 Å². The molecule has 2 rings (SSSR count). The molecule has 0 aromatic heterocycles. The first-order valence-corrected chi connectivity index (χ1v) is 8.96. The van der Waals surface area contributed by atoms with Crippen LogP contribution in [0.1, 0.15) is 29.8 Å². The highest BCUT2D eigenvalue weighted by Gasteiger charge is 2.31. The van der Waals surface area contributed by atoms with Gasteiger partial charge in [0.2, 0.25) is 0 Å². The van der Waals surface area contributed by atoms with Crippen molar-refractivity contribution in [2.24, 2.45) is 11.8 Å². The lowest BCUT2D eigenvalue weighted by Gasteiger charge is -2.17. The number of halogens is 2. The minimum absolute atomic E-state index is 0.0837. The van der Waals surface area contributed by atoms with E-state index in [9.17, 15) is 17.6 Å². The zero-order valence-corrected chi connectivity index (χ0v) is 13.6. The molecule has 0 radical (unpaired) electrons. The van der Waals surface area contributed by atoms with E-state index < -0.39 is 19.8 Å². The molecular weight excluding hydrogens is 317 g/mol. The molecule has 1 aromatic rings. The van der Waals surface area contributed by atoms with Crippen LogP contribution in [0.2, 0.25) is 0 Å². The first-order valence-electron chi connectivity index (χ1n) is 6.65. The maximum absolute atomic E-state index is 13.9. The summed E-state index contributed by atoms with van der Waals surface area (Å²) in [5.74, 6) is -0.445. The second-order valence-corrected chi connectivity index (χ2v) is 8.24. The maximum Gasteiger partial charge on any atom is 0.264 e. The highest BCUT2D eigenvalue weighted by Crippen LogP contribution is 2.27. The van der Waals surface area contributed by atoms with E-state index >= 15 is 0 Å². The van der Waals surface area contributed by atoms with Crippen molar-refractivity contribution in [3.8, 4) is 0 Å². The molecule has 0 spiro atoms. The van der Waals surface area contributed by atoms with E-state index in [1.807, 2.05) is 0 Å². The molecule has 0 bridgehead atoms. The Kier molecular flexibility index (Phi) is 4.31. The molecule has 1 aliphatic heterocycles.